The smallest absolute Gasteiger partial charge is 0.0945 e. The second-order valence-electron chi connectivity index (χ2n) is 3.29. The van der Waals surface area contributed by atoms with Gasteiger partial charge in [0.05, 0.1) is 6.33 Å². The van der Waals surface area contributed by atoms with Crippen LogP contribution in [0.2, 0.25) is 0 Å². The van der Waals surface area contributed by atoms with Gasteiger partial charge < -0.3 is 4.57 Å². The molecule has 0 unspecified atom stereocenters. The highest BCUT2D eigenvalue weighted by atomic mass is 32.1. The Morgan fingerprint density at radius 1 is 1.08 bits per heavy atom. The number of aromatic nitrogens is 2. The predicted molar refractivity (Wildman–Crippen MR) is 59.2 cm³/mol. The summed E-state index contributed by atoms with van der Waals surface area (Å²) in [6.07, 6.45) is 12.3. The van der Waals surface area contributed by atoms with Crippen molar-refractivity contribution in [3.8, 4) is 0 Å². The Labute approximate surface area is 85.8 Å². The largest absolute Gasteiger partial charge is 0.337 e. The van der Waals surface area contributed by atoms with Crippen LogP contribution in [-0.2, 0) is 6.54 Å². The molecule has 1 heterocycles. The van der Waals surface area contributed by atoms with Gasteiger partial charge in [0.2, 0.25) is 0 Å². The van der Waals surface area contributed by atoms with Gasteiger partial charge >= 0.3 is 0 Å². The third kappa shape index (κ3) is 4.98. The monoisotopic (exact) mass is 198 g/mol. The molecule has 13 heavy (non-hydrogen) atoms. The van der Waals surface area contributed by atoms with Crippen molar-refractivity contribution in [3.63, 3.8) is 0 Å². The molecule has 0 saturated heterocycles. The van der Waals surface area contributed by atoms with Crippen molar-refractivity contribution in [1.29, 1.82) is 0 Å². The molecular formula is C10H18N2S. The number of hydrogen-bond donors (Lipinski definition) is 1. The first-order chi connectivity index (χ1) is 6.43. The molecule has 0 bridgehead atoms. The maximum atomic E-state index is 4.18. The molecule has 0 aliphatic rings. The minimum absolute atomic E-state index is 1.03. The zero-order chi connectivity index (χ0) is 9.36. The van der Waals surface area contributed by atoms with Crippen molar-refractivity contribution in [2.45, 2.75) is 38.6 Å². The second-order valence-corrected chi connectivity index (χ2v) is 3.74. The fourth-order valence-corrected chi connectivity index (χ4v) is 1.58. The molecule has 1 aromatic rings. The lowest BCUT2D eigenvalue weighted by atomic mass is 10.1. The van der Waals surface area contributed by atoms with Crippen LogP contribution in [0.15, 0.2) is 18.7 Å². The Morgan fingerprint density at radius 3 is 2.54 bits per heavy atom. The van der Waals surface area contributed by atoms with E-state index in [-0.39, 0.29) is 0 Å². The van der Waals surface area contributed by atoms with Crippen LogP contribution in [0.4, 0.5) is 0 Å². The van der Waals surface area contributed by atoms with E-state index in [0.29, 0.717) is 0 Å². The normalized spacial score (nSPS) is 10.5. The van der Waals surface area contributed by atoms with E-state index in [1.807, 2.05) is 18.7 Å². The van der Waals surface area contributed by atoms with Gasteiger partial charge in [-0.2, -0.15) is 12.6 Å². The Hall–Kier alpha value is -0.440. The topological polar surface area (TPSA) is 17.8 Å². The van der Waals surface area contributed by atoms with E-state index < -0.39 is 0 Å². The van der Waals surface area contributed by atoms with E-state index in [0.717, 1.165) is 12.3 Å². The molecule has 0 aliphatic heterocycles. The molecule has 0 atom stereocenters. The summed E-state index contributed by atoms with van der Waals surface area (Å²) in [5.41, 5.74) is 0. The molecule has 0 aliphatic carbocycles. The average Bonchev–Trinajstić information content (AvgIpc) is 2.63. The Kier molecular flexibility index (Phi) is 5.74. The van der Waals surface area contributed by atoms with E-state index in [1.165, 1.54) is 32.1 Å². The third-order valence-corrected chi connectivity index (χ3v) is 2.45. The van der Waals surface area contributed by atoms with Crippen LogP contribution in [0.1, 0.15) is 32.1 Å². The number of unbranched alkanes of at least 4 members (excludes halogenated alkanes) is 4. The zero-order valence-electron chi connectivity index (χ0n) is 8.02. The third-order valence-electron chi connectivity index (χ3n) is 2.13. The van der Waals surface area contributed by atoms with Crippen LogP contribution in [0, 0.1) is 0 Å². The first-order valence-corrected chi connectivity index (χ1v) is 5.63. The van der Waals surface area contributed by atoms with Crippen molar-refractivity contribution in [1.82, 2.24) is 9.55 Å². The summed E-state index contributed by atoms with van der Waals surface area (Å²) in [5.74, 6) is 1.03. The Bertz CT molecular complexity index is 197. The van der Waals surface area contributed by atoms with Crippen LogP contribution in [0.5, 0.6) is 0 Å². The van der Waals surface area contributed by atoms with E-state index in [1.54, 1.807) is 0 Å². The van der Waals surface area contributed by atoms with Crippen LogP contribution >= 0.6 is 12.6 Å². The number of thiol groups is 1. The van der Waals surface area contributed by atoms with Crippen molar-refractivity contribution < 1.29 is 0 Å². The summed E-state index contributed by atoms with van der Waals surface area (Å²) < 4.78 is 2.14. The van der Waals surface area contributed by atoms with Gasteiger partial charge in [-0.3, -0.25) is 0 Å². The average molecular weight is 198 g/mol. The molecule has 0 radical (unpaired) electrons. The zero-order valence-corrected chi connectivity index (χ0v) is 8.92. The predicted octanol–water partition coefficient (Wildman–Crippen LogP) is 2.76. The van der Waals surface area contributed by atoms with Gasteiger partial charge in [0.1, 0.15) is 0 Å². The molecular weight excluding hydrogens is 180 g/mol. The fraction of sp³-hybridized carbons (Fsp3) is 0.700. The fourth-order valence-electron chi connectivity index (χ4n) is 1.36. The Balaban J connectivity index is 1.90. The molecule has 1 aromatic heterocycles. The van der Waals surface area contributed by atoms with E-state index in [2.05, 4.69) is 22.2 Å². The van der Waals surface area contributed by atoms with Gasteiger partial charge in [-0.15, -0.1) is 0 Å². The molecule has 2 nitrogen and oxygen atoms in total. The molecule has 3 heteroatoms. The summed E-state index contributed by atoms with van der Waals surface area (Å²) >= 11 is 4.18. The molecule has 0 spiro atoms. The van der Waals surface area contributed by atoms with Gasteiger partial charge in [-0.1, -0.05) is 19.3 Å². The van der Waals surface area contributed by atoms with Crippen molar-refractivity contribution in [3.05, 3.63) is 18.7 Å². The second kappa shape index (κ2) is 7.01. The quantitative estimate of drug-likeness (QED) is 0.527. The van der Waals surface area contributed by atoms with E-state index in [4.69, 9.17) is 0 Å². The summed E-state index contributed by atoms with van der Waals surface area (Å²) in [6, 6.07) is 0. The van der Waals surface area contributed by atoms with E-state index in [9.17, 15) is 0 Å². The molecule has 0 saturated carbocycles. The maximum absolute atomic E-state index is 4.18. The lowest BCUT2D eigenvalue weighted by Crippen LogP contribution is -1.93. The first-order valence-electron chi connectivity index (χ1n) is 5.00. The van der Waals surface area contributed by atoms with Crippen molar-refractivity contribution >= 4 is 12.6 Å². The number of nitrogens with zero attached hydrogens (tertiary/aromatic N) is 2. The van der Waals surface area contributed by atoms with Gasteiger partial charge in [0, 0.05) is 18.9 Å². The first kappa shape index (κ1) is 10.6. The molecule has 0 amide bonds. The minimum Gasteiger partial charge on any atom is -0.337 e. The molecule has 0 N–H and O–H groups in total. The lowest BCUT2D eigenvalue weighted by Gasteiger charge is -2.01. The number of imidazole rings is 1. The van der Waals surface area contributed by atoms with Gasteiger partial charge in [-0.25, -0.2) is 4.98 Å². The van der Waals surface area contributed by atoms with Crippen LogP contribution in [0.25, 0.3) is 0 Å². The highest BCUT2D eigenvalue weighted by Crippen LogP contribution is 2.04. The Morgan fingerprint density at radius 2 is 1.85 bits per heavy atom. The van der Waals surface area contributed by atoms with Crippen LogP contribution < -0.4 is 0 Å². The minimum atomic E-state index is 1.03. The van der Waals surface area contributed by atoms with Gasteiger partial charge in [0.25, 0.3) is 0 Å². The maximum Gasteiger partial charge on any atom is 0.0945 e. The highest BCUT2D eigenvalue weighted by molar-refractivity contribution is 7.80. The SMILES string of the molecule is SCCCCCCCn1ccnc1. The number of aryl methyl sites for hydroxylation is 1. The number of hydrogen-bond acceptors (Lipinski definition) is 2. The highest BCUT2D eigenvalue weighted by Gasteiger charge is 1.91. The van der Waals surface area contributed by atoms with Crippen LogP contribution in [-0.4, -0.2) is 15.3 Å². The molecule has 1 rings (SSSR count). The summed E-state index contributed by atoms with van der Waals surface area (Å²) in [5, 5.41) is 0. The van der Waals surface area contributed by atoms with Crippen molar-refractivity contribution in [2.75, 3.05) is 5.75 Å². The van der Waals surface area contributed by atoms with Crippen LogP contribution in [0.3, 0.4) is 0 Å². The standard InChI is InChI=1S/C10H18N2S/c13-9-5-3-1-2-4-7-12-8-6-11-10-12/h6,8,10,13H,1-5,7,9H2. The lowest BCUT2D eigenvalue weighted by molar-refractivity contribution is 0.569. The van der Waals surface area contributed by atoms with Gasteiger partial charge in [0.15, 0.2) is 0 Å². The molecule has 74 valence electrons. The number of rotatable bonds is 7. The molecule has 0 fully saturated rings. The summed E-state index contributed by atoms with van der Waals surface area (Å²) in [4.78, 5) is 4.00. The summed E-state index contributed by atoms with van der Waals surface area (Å²) in [6.45, 7) is 1.11. The van der Waals surface area contributed by atoms with Crippen molar-refractivity contribution in [2.24, 2.45) is 0 Å². The molecule has 0 aromatic carbocycles. The van der Waals surface area contributed by atoms with E-state index >= 15 is 0 Å². The summed E-state index contributed by atoms with van der Waals surface area (Å²) in [7, 11) is 0. The van der Waals surface area contributed by atoms with Gasteiger partial charge in [-0.05, 0) is 18.6 Å².